The SMILES string of the molecule is Cc1cccc2c(N=NC(=O)C3(C)CC3(Br)Br)c(O)[nH]c12. The Morgan fingerprint density at radius 1 is 1.43 bits per heavy atom. The molecule has 1 saturated carbocycles. The van der Waals surface area contributed by atoms with Gasteiger partial charge in [0.05, 0.1) is 14.2 Å². The van der Waals surface area contributed by atoms with Crippen LogP contribution < -0.4 is 0 Å². The summed E-state index contributed by atoms with van der Waals surface area (Å²) in [6.07, 6.45) is 0.650. The number of aromatic amines is 1. The fraction of sp³-hybridized carbons (Fsp3) is 0.357. The van der Waals surface area contributed by atoms with Crippen molar-refractivity contribution in [2.45, 2.75) is 23.5 Å². The van der Waals surface area contributed by atoms with E-state index < -0.39 is 8.65 Å². The first-order chi connectivity index (χ1) is 9.76. The number of H-pyrrole nitrogens is 1. The molecular formula is C14H13Br2N3O2. The van der Waals surface area contributed by atoms with Crippen molar-refractivity contribution in [1.82, 2.24) is 4.98 Å². The second-order valence-electron chi connectivity index (χ2n) is 5.54. The van der Waals surface area contributed by atoms with E-state index in [0.29, 0.717) is 12.1 Å². The first kappa shape index (κ1) is 14.7. The summed E-state index contributed by atoms with van der Waals surface area (Å²) in [5.41, 5.74) is 1.48. The smallest absolute Gasteiger partial charge is 0.272 e. The summed E-state index contributed by atoms with van der Waals surface area (Å²) in [6, 6.07) is 5.63. The number of alkyl halides is 2. The first-order valence-electron chi connectivity index (χ1n) is 6.40. The summed E-state index contributed by atoms with van der Waals surface area (Å²) in [7, 11) is 0. The van der Waals surface area contributed by atoms with Crippen LogP contribution in [-0.4, -0.2) is 19.2 Å². The van der Waals surface area contributed by atoms with Crippen LogP contribution >= 0.6 is 31.9 Å². The molecule has 1 amide bonds. The highest BCUT2D eigenvalue weighted by molar-refractivity contribution is 9.25. The van der Waals surface area contributed by atoms with Gasteiger partial charge in [0.1, 0.15) is 0 Å². The van der Waals surface area contributed by atoms with E-state index in [4.69, 9.17) is 0 Å². The third-order valence-corrected chi connectivity index (χ3v) is 6.28. The van der Waals surface area contributed by atoms with Crippen LogP contribution in [0.3, 0.4) is 0 Å². The van der Waals surface area contributed by atoms with Crippen LogP contribution in [0.5, 0.6) is 5.88 Å². The van der Waals surface area contributed by atoms with Crippen LogP contribution in [0.25, 0.3) is 10.9 Å². The molecule has 1 fully saturated rings. The number of benzene rings is 1. The third kappa shape index (κ3) is 2.23. The molecule has 0 saturated heterocycles. The molecule has 0 aliphatic heterocycles. The maximum atomic E-state index is 12.1. The van der Waals surface area contributed by atoms with E-state index in [1.54, 1.807) is 0 Å². The second kappa shape index (κ2) is 4.64. The van der Waals surface area contributed by atoms with Crippen molar-refractivity contribution in [3.8, 4) is 5.88 Å². The van der Waals surface area contributed by atoms with Crippen molar-refractivity contribution in [3.05, 3.63) is 23.8 Å². The van der Waals surface area contributed by atoms with Gasteiger partial charge >= 0.3 is 0 Å². The Kier molecular flexibility index (Phi) is 3.25. The van der Waals surface area contributed by atoms with Crippen LogP contribution in [0.15, 0.2) is 28.4 Å². The molecule has 1 aliphatic carbocycles. The predicted octanol–water partition coefficient (Wildman–Crippen LogP) is 4.69. The van der Waals surface area contributed by atoms with Gasteiger partial charge in [-0.3, -0.25) is 4.79 Å². The fourth-order valence-corrected chi connectivity index (χ4v) is 3.74. The number of carbonyl (C=O) groups excluding carboxylic acids is 1. The number of aryl methyl sites for hydroxylation is 1. The van der Waals surface area contributed by atoms with Gasteiger partial charge in [0.25, 0.3) is 5.91 Å². The minimum atomic E-state index is -0.603. The number of halogens is 2. The molecule has 0 radical (unpaired) electrons. The molecule has 3 rings (SSSR count). The highest BCUT2D eigenvalue weighted by Crippen LogP contribution is 2.66. The Labute approximate surface area is 138 Å². The van der Waals surface area contributed by atoms with Crippen molar-refractivity contribution in [3.63, 3.8) is 0 Å². The number of hydrogen-bond acceptors (Lipinski definition) is 3. The number of para-hydroxylation sites is 1. The van der Waals surface area contributed by atoms with E-state index >= 15 is 0 Å². The van der Waals surface area contributed by atoms with Gasteiger partial charge in [-0.1, -0.05) is 50.1 Å². The summed E-state index contributed by atoms with van der Waals surface area (Å²) in [5.74, 6) is -0.404. The van der Waals surface area contributed by atoms with Gasteiger partial charge in [-0.05, 0) is 25.8 Å². The summed E-state index contributed by atoms with van der Waals surface area (Å²) in [5, 5.41) is 18.4. The van der Waals surface area contributed by atoms with Crippen LogP contribution in [0, 0.1) is 12.3 Å². The summed E-state index contributed by atoms with van der Waals surface area (Å²) in [6.45, 7) is 3.75. The number of nitrogens with one attached hydrogen (secondary N) is 1. The number of aromatic hydroxyl groups is 1. The molecule has 0 spiro atoms. The minimum absolute atomic E-state index is 0.0826. The maximum Gasteiger partial charge on any atom is 0.272 e. The Bertz CT molecular complexity index is 782. The Morgan fingerprint density at radius 2 is 2.10 bits per heavy atom. The van der Waals surface area contributed by atoms with Gasteiger partial charge in [0.15, 0.2) is 5.69 Å². The van der Waals surface area contributed by atoms with Crippen molar-refractivity contribution in [1.29, 1.82) is 0 Å². The lowest BCUT2D eigenvalue weighted by atomic mass is 10.1. The Morgan fingerprint density at radius 3 is 2.71 bits per heavy atom. The van der Waals surface area contributed by atoms with E-state index in [2.05, 4.69) is 47.1 Å². The van der Waals surface area contributed by atoms with Crippen molar-refractivity contribution in [2.75, 3.05) is 0 Å². The van der Waals surface area contributed by atoms with Crippen molar-refractivity contribution >= 4 is 54.4 Å². The summed E-state index contributed by atoms with van der Waals surface area (Å²) < 4.78 is -0.401. The van der Waals surface area contributed by atoms with Crippen LogP contribution in [-0.2, 0) is 4.79 Å². The molecule has 7 heteroatoms. The Balaban J connectivity index is 1.96. The molecule has 5 nitrogen and oxygen atoms in total. The Hall–Kier alpha value is -1.21. The van der Waals surface area contributed by atoms with E-state index in [1.165, 1.54) is 0 Å². The second-order valence-corrected chi connectivity index (χ2v) is 9.31. The normalized spacial score (nSPS) is 23.8. The largest absolute Gasteiger partial charge is 0.493 e. The number of aromatic nitrogens is 1. The average Bonchev–Trinajstić information content (AvgIpc) is 2.76. The number of fused-ring (bicyclic) bond motifs is 1. The molecule has 1 unspecified atom stereocenters. The number of hydrogen-bond donors (Lipinski definition) is 2. The van der Waals surface area contributed by atoms with Gasteiger partial charge in [-0.15, -0.1) is 10.2 Å². The molecule has 0 bridgehead atoms. The molecule has 110 valence electrons. The van der Waals surface area contributed by atoms with E-state index in [1.807, 2.05) is 32.0 Å². The first-order valence-corrected chi connectivity index (χ1v) is 7.99. The number of amides is 1. The molecule has 1 aliphatic rings. The van der Waals surface area contributed by atoms with Crippen molar-refractivity contribution in [2.24, 2.45) is 15.6 Å². The average molecular weight is 415 g/mol. The van der Waals surface area contributed by atoms with E-state index in [-0.39, 0.29) is 11.8 Å². The molecule has 21 heavy (non-hydrogen) atoms. The van der Waals surface area contributed by atoms with Gasteiger partial charge < -0.3 is 10.1 Å². The van der Waals surface area contributed by atoms with Gasteiger partial charge in [0.2, 0.25) is 5.88 Å². The van der Waals surface area contributed by atoms with Crippen LogP contribution in [0.4, 0.5) is 5.69 Å². The van der Waals surface area contributed by atoms with E-state index in [0.717, 1.165) is 16.5 Å². The molecule has 1 atom stereocenters. The highest BCUT2D eigenvalue weighted by Gasteiger charge is 2.67. The van der Waals surface area contributed by atoms with Gasteiger partial charge in [-0.25, -0.2) is 0 Å². The summed E-state index contributed by atoms with van der Waals surface area (Å²) in [4.78, 5) is 15.0. The standard InChI is InChI=1S/C14H13Br2N3O2/c1-7-4-3-5-8-9(7)17-11(20)10(8)18-19-12(21)13(2)6-14(13,15)16/h3-5,17,20H,6H2,1-2H3. The topological polar surface area (TPSA) is 77.8 Å². The number of carbonyl (C=O) groups is 1. The van der Waals surface area contributed by atoms with Gasteiger partial charge in [-0.2, -0.15) is 0 Å². The lowest BCUT2D eigenvalue weighted by Crippen LogP contribution is -2.14. The summed E-state index contributed by atoms with van der Waals surface area (Å²) >= 11 is 6.86. The zero-order valence-electron chi connectivity index (χ0n) is 11.4. The van der Waals surface area contributed by atoms with Crippen molar-refractivity contribution < 1.29 is 9.90 Å². The van der Waals surface area contributed by atoms with Gasteiger partial charge in [0, 0.05) is 5.39 Å². The monoisotopic (exact) mass is 413 g/mol. The number of nitrogens with zero attached hydrogens (tertiary/aromatic N) is 2. The molecule has 1 heterocycles. The molecule has 1 aromatic heterocycles. The molecule has 1 aromatic carbocycles. The van der Waals surface area contributed by atoms with E-state index in [9.17, 15) is 9.90 Å². The quantitative estimate of drug-likeness (QED) is 0.552. The maximum absolute atomic E-state index is 12.1. The lowest BCUT2D eigenvalue weighted by molar-refractivity contribution is -0.122. The highest BCUT2D eigenvalue weighted by atomic mass is 79.9. The molecule has 2 aromatic rings. The number of azo groups is 1. The predicted molar refractivity (Wildman–Crippen MR) is 87.5 cm³/mol. The lowest BCUT2D eigenvalue weighted by Gasteiger charge is -2.05. The zero-order valence-corrected chi connectivity index (χ0v) is 14.6. The third-order valence-electron chi connectivity index (χ3n) is 3.97. The molecule has 2 N–H and O–H groups in total. The minimum Gasteiger partial charge on any atom is -0.493 e. The van der Waals surface area contributed by atoms with Crippen LogP contribution in [0.2, 0.25) is 0 Å². The molecular weight excluding hydrogens is 402 g/mol. The van der Waals surface area contributed by atoms with Crippen LogP contribution in [0.1, 0.15) is 18.9 Å². The fourth-order valence-electron chi connectivity index (χ4n) is 2.28. The number of rotatable bonds is 2. The zero-order chi connectivity index (χ0) is 15.4.